The second-order valence-electron chi connectivity index (χ2n) is 12.8. The van der Waals surface area contributed by atoms with Crippen LogP contribution in [0.25, 0.3) is 0 Å². The molecule has 0 saturated heterocycles. The van der Waals surface area contributed by atoms with Crippen LogP contribution in [-0.2, 0) is 33.9 Å². The van der Waals surface area contributed by atoms with Crippen molar-refractivity contribution in [1.29, 1.82) is 0 Å². The molecule has 1 aliphatic heterocycles. The Hall–Kier alpha value is -7.33. The predicted molar refractivity (Wildman–Crippen MR) is 214 cm³/mol. The summed E-state index contributed by atoms with van der Waals surface area (Å²) in [7, 11) is 0. The van der Waals surface area contributed by atoms with Gasteiger partial charge >= 0.3 is 24.0 Å². The van der Waals surface area contributed by atoms with Crippen molar-refractivity contribution in [2.75, 3.05) is 18.1 Å². The Morgan fingerprint density at radius 2 is 1.34 bits per heavy atom. The first-order valence-electron chi connectivity index (χ1n) is 17.8. The van der Waals surface area contributed by atoms with Crippen molar-refractivity contribution < 1.29 is 58.5 Å². The highest BCUT2D eigenvalue weighted by molar-refractivity contribution is 7.99. The molecule has 0 fully saturated rings. The van der Waals surface area contributed by atoms with Gasteiger partial charge in [-0.05, 0) is 41.0 Å². The minimum Gasteiger partial charge on any atom is -0.493 e. The first-order chi connectivity index (χ1) is 28.4. The van der Waals surface area contributed by atoms with Crippen LogP contribution >= 0.6 is 11.8 Å². The molecule has 1 aliphatic carbocycles. The lowest BCUT2D eigenvalue weighted by atomic mass is 9.82. The van der Waals surface area contributed by atoms with Crippen LogP contribution in [0.3, 0.4) is 0 Å². The lowest BCUT2D eigenvalue weighted by molar-refractivity contribution is -0.385. The Balaban J connectivity index is 0.000000174. The molecule has 302 valence electrons. The van der Waals surface area contributed by atoms with Crippen molar-refractivity contribution in [3.8, 4) is 5.75 Å². The van der Waals surface area contributed by atoms with Crippen molar-refractivity contribution in [1.82, 2.24) is 4.90 Å². The van der Waals surface area contributed by atoms with Crippen molar-refractivity contribution in [2.45, 2.75) is 25.6 Å². The molecule has 0 radical (unpaired) electrons. The Kier molecular flexibility index (Phi) is 14.7. The zero-order valence-corrected chi connectivity index (χ0v) is 31.9. The van der Waals surface area contributed by atoms with Gasteiger partial charge in [0.05, 0.1) is 23.8 Å². The molecule has 0 aromatic heterocycles. The summed E-state index contributed by atoms with van der Waals surface area (Å²) in [5.74, 6) is -2.94. The summed E-state index contributed by atoms with van der Waals surface area (Å²) in [6, 6.07) is 33.5. The number of hydrogen-bond acceptors (Lipinski definition) is 11. The molecule has 0 saturated carbocycles. The highest BCUT2D eigenvalue weighted by Crippen LogP contribution is 2.35. The average molecular weight is 821 g/mol. The number of ether oxygens (including phenoxy) is 2. The molecular weight excluding hydrogens is 785 g/mol. The second-order valence-corrected chi connectivity index (χ2v) is 13.9. The summed E-state index contributed by atoms with van der Waals surface area (Å²) in [5.41, 5.74) is 0.887. The number of para-hydroxylation sites is 1. The Morgan fingerprint density at radius 3 is 1.95 bits per heavy atom. The Labute approximate surface area is 341 Å². The number of aliphatic carboxylic acids is 2. The normalized spacial score (nSPS) is 13.4. The number of amides is 1. The van der Waals surface area contributed by atoms with Gasteiger partial charge in [0.25, 0.3) is 5.69 Å². The molecule has 1 amide bonds. The van der Waals surface area contributed by atoms with Crippen molar-refractivity contribution in [3.05, 3.63) is 176 Å². The molecule has 1 heterocycles. The van der Waals surface area contributed by atoms with Gasteiger partial charge in [0, 0.05) is 28.9 Å². The van der Waals surface area contributed by atoms with E-state index < -0.39 is 63.3 Å². The number of rotatable bonds is 11. The number of nitro groups is 1. The van der Waals surface area contributed by atoms with Gasteiger partial charge in [0.1, 0.15) is 29.5 Å². The topological polar surface area (TPSA) is 228 Å². The molecule has 59 heavy (non-hydrogen) atoms. The van der Waals surface area contributed by atoms with Crippen LogP contribution in [0, 0.1) is 10.1 Å². The van der Waals surface area contributed by atoms with E-state index in [1.807, 2.05) is 84.9 Å². The number of fused-ring (bicyclic) bond motifs is 3. The van der Waals surface area contributed by atoms with Gasteiger partial charge in [0.15, 0.2) is 5.78 Å². The molecule has 0 unspecified atom stereocenters. The summed E-state index contributed by atoms with van der Waals surface area (Å²) in [6.45, 7) is 0.923. The summed E-state index contributed by atoms with van der Waals surface area (Å²) in [4.78, 5) is 81.6. The molecular formula is C43H36N2O13S. The van der Waals surface area contributed by atoms with E-state index in [-0.39, 0.29) is 35.6 Å². The summed E-state index contributed by atoms with van der Waals surface area (Å²) in [6.07, 6.45) is -0.304. The Morgan fingerprint density at radius 1 is 0.746 bits per heavy atom. The van der Waals surface area contributed by atoms with Gasteiger partial charge in [-0.15, -0.1) is 11.8 Å². The highest BCUT2D eigenvalue weighted by Gasteiger charge is 2.39. The zero-order valence-electron chi connectivity index (χ0n) is 31.1. The number of aromatic carboxylic acids is 1. The second kappa shape index (κ2) is 20.2. The predicted octanol–water partition coefficient (Wildman–Crippen LogP) is 6.79. The molecule has 0 spiro atoms. The number of carboxylic acid groups (broad SMARTS) is 3. The molecule has 1 atom stereocenters. The monoisotopic (exact) mass is 820 g/mol. The smallest absolute Gasteiger partial charge is 0.411 e. The fourth-order valence-electron chi connectivity index (χ4n) is 6.16. The molecule has 3 N–H and O–H groups in total. The van der Waals surface area contributed by atoms with Crippen LogP contribution in [0.1, 0.15) is 58.9 Å². The molecule has 7 rings (SSSR count). The number of nitro benzene ring substituents is 1. The van der Waals surface area contributed by atoms with E-state index in [0.717, 1.165) is 34.6 Å². The zero-order chi connectivity index (χ0) is 42.5. The quantitative estimate of drug-likeness (QED) is 0.0695. The standard InChI is InChI=1S/C18H17NO4.C15H7NO6.C10H12O3S/c20-17(21)16-10-14-8-4-5-9-15(14)11-19(16)18(22)23-12-13-6-2-1-3-7-13;17-13-7-3-1-2-4-8(7)14(18)11-9(13)5-6-10(15(19)20)12(11)16(21)22;11-10(12)8-14-7-6-13-9-4-2-1-3-5-9/h1-9,16H,10-12H2,(H,20,21);1-6H,(H,19,20);1-5H,6-8H2,(H,11,12)/t16-;;/m0../s1. The summed E-state index contributed by atoms with van der Waals surface area (Å²) < 4.78 is 10.7. The molecule has 0 bridgehead atoms. The summed E-state index contributed by atoms with van der Waals surface area (Å²) in [5, 5.41) is 38.1. The Bertz CT molecular complexity index is 2370. The van der Waals surface area contributed by atoms with Crippen molar-refractivity contribution in [3.63, 3.8) is 0 Å². The number of nitrogens with zero attached hydrogens (tertiary/aromatic N) is 2. The van der Waals surface area contributed by atoms with Gasteiger partial charge in [-0.1, -0.05) is 97.1 Å². The van der Waals surface area contributed by atoms with Crippen LogP contribution in [0.15, 0.2) is 121 Å². The summed E-state index contributed by atoms with van der Waals surface area (Å²) >= 11 is 1.36. The number of ketones is 2. The van der Waals surface area contributed by atoms with E-state index in [9.17, 15) is 44.0 Å². The van der Waals surface area contributed by atoms with Gasteiger partial charge in [-0.25, -0.2) is 14.4 Å². The van der Waals surface area contributed by atoms with Crippen molar-refractivity contribution >= 4 is 53.0 Å². The number of hydrogen-bond donors (Lipinski definition) is 3. The van der Waals surface area contributed by atoms with E-state index in [0.29, 0.717) is 18.8 Å². The third-order valence-corrected chi connectivity index (χ3v) is 9.82. The fourth-order valence-corrected chi connectivity index (χ4v) is 6.68. The minimum absolute atomic E-state index is 0.0330. The highest BCUT2D eigenvalue weighted by atomic mass is 32.2. The lowest BCUT2D eigenvalue weighted by Gasteiger charge is -2.33. The van der Waals surface area contributed by atoms with Crippen LogP contribution < -0.4 is 4.74 Å². The molecule has 16 heteroatoms. The van der Waals surface area contributed by atoms with Gasteiger partial charge in [-0.2, -0.15) is 0 Å². The maximum absolute atomic E-state index is 12.5. The number of carboxylic acids is 3. The van der Waals surface area contributed by atoms with E-state index in [1.165, 1.54) is 34.9 Å². The van der Waals surface area contributed by atoms with E-state index in [1.54, 1.807) is 6.07 Å². The first kappa shape index (κ1) is 42.8. The first-order valence-corrected chi connectivity index (χ1v) is 19.0. The molecule has 15 nitrogen and oxygen atoms in total. The molecule has 2 aliphatic rings. The van der Waals surface area contributed by atoms with Crippen molar-refractivity contribution in [2.24, 2.45) is 0 Å². The SMILES string of the molecule is O=C(O)CSCCOc1ccccc1.O=C(O)[C@@H]1Cc2ccccc2CN1C(=O)OCc1ccccc1.O=C1c2ccccc2C(=O)c2c1ccc(C(=O)O)c2[N+](=O)[O-]. The van der Waals surface area contributed by atoms with Crippen LogP contribution in [-0.4, -0.2) is 84.9 Å². The largest absolute Gasteiger partial charge is 0.493 e. The van der Waals surface area contributed by atoms with Crippen LogP contribution in [0.4, 0.5) is 10.5 Å². The van der Waals surface area contributed by atoms with Gasteiger partial charge < -0.3 is 24.8 Å². The third kappa shape index (κ3) is 11.0. The van der Waals surface area contributed by atoms with Crippen LogP contribution in [0.2, 0.25) is 0 Å². The molecule has 5 aromatic carbocycles. The molecule has 5 aromatic rings. The number of benzene rings is 5. The van der Waals surface area contributed by atoms with Gasteiger partial charge in [0.2, 0.25) is 5.78 Å². The third-order valence-electron chi connectivity index (χ3n) is 8.92. The maximum atomic E-state index is 12.5. The number of carbonyl (C=O) groups is 6. The average Bonchev–Trinajstić information content (AvgIpc) is 3.24. The van der Waals surface area contributed by atoms with Gasteiger partial charge in [-0.3, -0.25) is 29.4 Å². The number of carbonyl (C=O) groups excluding carboxylic acids is 3. The lowest BCUT2D eigenvalue weighted by Crippen LogP contribution is -2.48. The van der Waals surface area contributed by atoms with E-state index >= 15 is 0 Å². The van der Waals surface area contributed by atoms with E-state index in [2.05, 4.69) is 0 Å². The van der Waals surface area contributed by atoms with E-state index in [4.69, 9.17) is 19.7 Å². The fraction of sp³-hybridized carbons (Fsp3) is 0.163. The maximum Gasteiger partial charge on any atom is 0.411 e. The number of thioether (sulfide) groups is 1. The minimum atomic E-state index is -1.53. The van der Waals surface area contributed by atoms with Crippen LogP contribution in [0.5, 0.6) is 5.75 Å².